The molecule has 0 N–H and O–H groups in total. The van der Waals surface area contributed by atoms with Crippen LogP contribution < -0.4 is 4.74 Å². The monoisotopic (exact) mass is 328 g/mol. The second-order valence-electron chi connectivity index (χ2n) is 6.42. The van der Waals surface area contributed by atoms with E-state index in [2.05, 4.69) is 0 Å². The van der Waals surface area contributed by atoms with Crippen molar-refractivity contribution < 1.29 is 14.3 Å². The molecule has 1 aliphatic heterocycles. The molecule has 128 valence electrons. The van der Waals surface area contributed by atoms with Gasteiger partial charge in [0.1, 0.15) is 5.75 Å². The van der Waals surface area contributed by atoms with Crippen LogP contribution in [0.15, 0.2) is 35.5 Å². The summed E-state index contributed by atoms with van der Waals surface area (Å²) < 4.78 is 5.75. The molecular weight excluding hydrogens is 304 g/mol. The predicted octanol–water partition coefficient (Wildman–Crippen LogP) is 2.88. The van der Waals surface area contributed by atoms with Crippen LogP contribution in [0.3, 0.4) is 0 Å². The summed E-state index contributed by atoms with van der Waals surface area (Å²) in [5, 5.41) is 3.45. The van der Waals surface area contributed by atoms with Gasteiger partial charge in [0.25, 0.3) is 0 Å². The van der Waals surface area contributed by atoms with Crippen LogP contribution >= 0.6 is 0 Å². The Balaban J connectivity index is 2.13. The van der Waals surface area contributed by atoms with Crippen LogP contribution in [0.4, 0.5) is 0 Å². The first kappa shape index (κ1) is 16.7. The summed E-state index contributed by atoms with van der Waals surface area (Å²) in [6.45, 7) is 2.49. The van der Waals surface area contributed by atoms with Gasteiger partial charge in [-0.05, 0) is 25.8 Å². The summed E-state index contributed by atoms with van der Waals surface area (Å²) in [7, 11) is 3.69. The fourth-order valence-electron chi connectivity index (χ4n) is 3.76. The van der Waals surface area contributed by atoms with Crippen LogP contribution in [0.25, 0.3) is 0 Å². The summed E-state index contributed by atoms with van der Waals surface area (Å²) in [6, 6.07) is 7.74. The lowest BCUT2D eigenvalue weighted by molar-refractivity contribution is -0.143. The van der Waals surface area contributed by atoms with Gasteiger partial charge in [-0.3, -0.25) is 9.59 Å². The maximum atomic E-state index is 12.7. The summed E-state index contributed by atoms with van der Waals surface area (Å²) in [6.07, 6.45) is 2.42. The lowest BCUT2D eigenvalue weighted by Gasteiger charge is -2.41. The first-order valence-corrected chi connectivity index (χ1v) is 8.52. The quantitative estimate of drug-likeness (QED) is 0.853. The van der Waals surface area contributed by atoms with Crippen LogP contribution in [-0.2, 0) is 9.59 Å². The maximum absolute atomic E-state index is 12.7. The zero-order valence-electron chi connectivity index (χ0n) is 14.5. The van der Waals surface area contributed by atoms with Gasteiger partial charge in [0, 0.05) is 49.7 Å². The molecule has 0 saturated heterocycles. The highest BCUT2D eigenvalue weighted by Gasteiger charge is 2.40. The van der Waals surface area contributed by atoms with E-state index in [1.807, 2.05) is 45.3 Å². The zero-order chi connectivity index (χ0) is 17.3. The third-order valence-electron chi connectivity index (χ3n) is 4.64. The third-order valence-corrected chi connectivity index (χ3v) is 4.64. The smallest absolute Gasteiger partial charge is 0.242 e. The molecule has 0 fully saturated rings. The molecule has 5 nitrogen and oxygen atoms in total. The number of hydrazine groups is 1. The van der Waals surface area contributed by atoms with Gasteiger partial charge >= 0.3 is 0 Å². The molecule has 5 heteroatoms. The number of hydrogen-bond donors (Lipinski definition) is 0. The third kappa shape index (κ3) is 2.84. The van der Waals surface area contributed by atoms with Gasteiger partial charge in [0.05, 0.1) is 6.61 Å². The number of ketones is 1. The number of allylic oxidation sites excluding steroid dienone is 2. The molecule has 1 heterocycles. The minimum Gasteiger partial charge on any atom is -0.494 e. The number of Topliss-reactive ketones (excluding diaryl/α,β-unsaturated/α-hetero) is 1. The van der Waals surface area contributed by atoms with E-state index in [0.717, 1.165) is 35.4 Å². The molecular formula is C19H24N2O3. The fraction of sp³-hybridized carbons (Fsp3) is 0.474. The largest absolute Gasteiger partial charge is 0.494 e. The summed E-state index contributed by atoms with van der Waals surface area (Å²) in [5.74, 6) is 0.747. The van der Waals surface area contributed by atoms with Gasteiger partial charge < -0.3 is 4.74 Å². The van der Waals surface area contributed by atoms with Crippen molar-refractivity contribution in [1.29, 1.82) is 0 Å². The molecule has 2 aliphatic rings. The molecule has 1 aromatic rings. The van der Waals surface area contributed by atoms with Crippen molar-refractivity contribution in [2.45, 2.75) is 38.5 Å². The van der Waals surface area contributed by atoms with Gasteiger partial charge in [0.15, 0.2) is 5.78 Å². The Bertz CT molecular complexity index is 694. The summed E-state index contributed by atoms with van der Waals surface area (Å²) in [4.78, 5) is 25.4. The normalized spacial score (nSPS) is 21.3. The minimum absolute atomic E-state index is 0.0322. The number of benzene rings is 1. The molecule has 24 heavy (non-hydrogen) atoms. The average molecular weight is 328 g/mol. The van der Waals surface area contributed by atoms with E-state index in [-0.39, 0.29) is 17.6 Å². The Labute approximate surface area is 142 Å². The van der Waals surface area contributed by atoms with E-state index in [1.165, 1.54) is 0 Å². The van der Waals surface area contributed by atoms with Gasteiger partial charge in [-0.25, -0.2) is 10.0 Å². The predicted molar refractivity (Wildman–Crippen MR) is 91.4 cm³/mol. The Hall–Kier alpha value is -2.14. The van der Waals surface area contributed by atoms with Crippen molar-refractivity contribution in [2.24, 2.45) is 0 Å². The molecule has 0 aromatic heterocycles. The lowest BCUT2D eigenvalue weighted by atomic mass is 9.77. The summed E-state index contributed by atoms with van der Waals surface area (Å²) in [5.41, 5.74) is 2.60. The Kier molecular flexibility index (Phi) is 4.71. The number of amides is 1. The van der Waals surface area contributed by atoms with Crippen molar-refractivity contribution >= 4 is 11.7 Å². The van der Waals surface area contributed by atoms with E-state index in [9.17, 15) is 9.59 Å². The average Bonchev–Trinajstić information content (AvgIpc) is 2.54. The maximum Gasteiger partial charge on any atom is 0.242 e. The van der Waals surface area contributed by atoms with Crippen LogP contribution in [0, 0.1) is 0 Å². The number of carbonyl (C=O) groups is 2. The van der Waals surface area contributed by atoms with Gasteiger partial charge in [0.2, 0.25) is 5.91 Å². The van der Waals surface area contributed by atoms with E-state index in [4.69, 9.17) is 4.74 Å². The Morgan fingerprint density at radius 2 is 1.96 bits per heavy atom. The molecule has 3 rings (SSSR count). The molecule has 1 atom stereocenters. The molecule has 0 radical (unpaired) electrons. The van der Waals surface area contributed by atoms with E-state index in [0.29, 0.717) is 19.4 Å². The van der Waals surface area contributed by atoms with Gasteiger partial charge in [-0.1, -0.05) is 18.2 Å². The molecule has 0 spiro atoms. The number of ether oxygens (including phenoxy) is 1. The molecule has 1 aliphatic carbocycles. The van der Waals surface area contributed by atoms with E-state index >= 15 is 0 Å². The van der Waals surface area contributed by atoms with Crippen molar-refractivity contribution in [3.63, 3.8) is 0 Å². The van der Waals surface area contributed by atoms with Gasteiger partial charge in [-0.2, -0.15) is 0 Å². The molecule has 0 unspecified atom stereocenters. The first-order chi connectivity index (χ1) is 11.5. The first-order valence-electron chi connectivity index (χ1n) is 8.52. The van der Waals surface area contributed by atoms with E-state index in [1.54, 1.807) is 10.0 Å². The summed E-state index contributed by atoms with van der Waals surface area (Å²) >= 11 is 0. The van der Waals surface area contributed by atoms with E-state index < -0.39 is 0 Å². The lowest BCUT2D eigenvalue weighted by Crippen LogP contribution is -2.47. The molecule has 1 aromatic carbocycles. The Morgan fingerprint density at radius 3 is 2.67 bits per heavy atom. The van der Waals surface area contributed by atoms with Crippen LogP contribution in [0.5, 0.6) is 5.75 Å². The number of para-hydroxylation sites is 1. The second kappa shape index (κ2) is 6.77. The second-order valence-corrected chi connectivity index (χ2v) is 6.42. The SMILES string of the molecule is CCOc1ccccc1[C@H]1CC(=O)N(N(C)C)C2=C1C(=O)CCC2. The highest BCUT2D eigenvalue weighted by atomic mass is 16.5. The Morgan fingerprint density at radius 1 is 1.21 bits per heavy atom. The number of carbonyl (C=O) groups excluding carboxylic acids is 2. The fourth-order valence-corrected chi connectivity index (χ4v) is 3.76. The standard InChI is InChI=1S/C19H24N2O3/c1-4-24-17-11-6-5-8-13(17)14-12-18(23)21(20(2)3)15-9-7-10-16(22)19(14)15/h5-6,8,11,14H,4,7,9-10,12H2,1-3H3/t14-/m1/s1. The molecule has 0 bridgehead atoms. The topological polar surface area (TPSA) is 49.9 Å². The van der Waals surface area contributed by atoms with Crippen molar-refractivity contribution in [3.05, 3.63) is 41.1 Å². The van der Waals surface area contributed by atoms with Crippen LogP contribution in [0.2, 0.25) is 0 Å². The molecule has 0 saturated carbocycles. The molecule has 1 amide bonds. The highest BCUT2D eigenvalue weighted by Crippen LogP contribution is 2.44. The van der Waals surface area contributed by atoms with Crippen molar-refractivity contribution in [1.82, 2.24) is 10.0 Å². The van der Waals surface area contributed by atoms with Crippen LogP contribution in [-0.4, -0.2) is 42.4 Å². The zero-order valence-corrected chi connectivity index (χ0v) is 14.5. The van der Waals surface area contributed by atoms with Crippen molar-refractivity contribution in [2.75, 3.05) is 20.7 Å². The number of rotatable bonds is 4. The van der Waals surface area contributed by atoms with Crippen LogP contribution in [0.1, 0.15) is 44.1 Å². The number of nitrogens with zero attached hydrogens (tertiary/aromatic N) is 2. The number of hydrogen-bond acceptors (Lipinski definition) is 4. The minimum atomic E-state index is -0.209. The van der Waals surface area contributed by atoms with Gasteiger partial charge in [-0.15, -0.1) is 0 Å². The highest BCUT2D eigenvalue weighted by molar-refractivity contribution is 6.01. The van der Waals surface area contributed by atoms with Crippen molar-refractivity contribution in [3.8, 4) is 5.75 Å².